The van der Waals surface area contributed by atoms with Crippen LogP contribution in [0.5, 0.6) is 5.88 Å². The van der Waals surface area contributed by atoms with Crippen molar-refractivity contribution in [3.05, 3.63) is 23.9 Å². The molecular formula is C15H26N4O. The van der Waals surface area contributed by atoms with E-state index in [4.69, 9.17) is 10.5 Å². The molecule has 0 spiro atoms. The summed E-state index contributed by atoms with van der Waals surface area (Å²) >= 11 is 0. The van der Waals surface area contributed by atoms with Crippen molar-refractivity contribution in [2.45, 2.75) is 25.9 Å². The number of methoxy groups -OCH3 is 1. The highest BCUT2D eigenvalue weighted by Crippen LogP contribution is 2.13. The van der Waals surface area contributed by atoms with Gasteiger partial charge in [0.05, 0.1) is 12.8 Å². The van der Waals surface area contributed by atoms with Crippen LogP contribution in [0.2, 0.25) is 0 Å². The first-order chi connectivity index (χ1) is 9.76. The van der Waals surface area contributed by atoms with Crippen molar-refractivity contribution >= 4 is 0 Å². The molecule has 1 aromatic heterocycles. The van der Waals surface area contributed by atoms with Gasteiger partial charge in [-0.25, -0.2) is 4.98 Å². The summed E-state index contributed by atoms with van der Waals surface area (Å²) in [6.07, 6.45) is 1.13. The first kappa shape index (κ1) is 15.2. The van der Waals surface area contributed by atoms with Crippen LogP contribution in [0.15, 0.2) is 18.2 Å². The van der Waals surface area contributed by atoms with Crippen LogP contribution in [0.1, 0.15) is 19.0 Å². The maximum absolute atomic E-state index is 5.83. The van der Waals surface area contributed by atoms with Gasteiger partial charge in [-0.15, -0.1) is 0 Å². The summed E-state index contributed by atoms with van der Waals surface area (Å²) in [5.74, 6) is 0.690. The minimum absolute atomic E-state index is 0.534. The highest BCUT2D eigenvalue weighted by atomic mass is 16.5. The molecule has 112 valence electrons. The number of aromatic nitrogens is 1. The van der Waals surface area contributed by atoms with Crippen LogP contribution in [0.25, 0.3) is 0 Å². The molecule has 0 radical (unpaired) electrons. The Balaban J connectivity index is 1.84. The van der Waals surface area contributed by atoms with Crippen molar-refractivity contribution in [1.29, 1.82) is 0 Å². The second-order valence-electron chi connectivity index (χ2n) is 5.28. The Kier molecular flexibility index (Phi) is 5.76. The minimum atomic E-state index is 0.534. The SMILES string of the molecule is CCC(CN)N1CCN(Cc2cccc(OC)n2)CC1. The zero-order valence-electron chi connectivity index (χ0n) is 12.6. The van der Waals surface area contributed by atoms with Gasteiger partial charge < -0.3 is 10.5 Å². The van der Waals surface area contributed by atoms with Gasteiger partial charge in [0, 0.05) is 51.4 Å². The highest BCUT2D eigenvalue weighted by molar-refractivity contribution is 5.15. The Bertz CT molecular complexity index is 401. The Hall–Kier alpha value is -1.17. The first-order valence-electron chi connectivity index (χ1n) is 7.43. The highest BCUT2D eigenvalue weighted by Gasteiger charge is 2.21. The van der Waals surface area contributed by atoms with Gasteiger partial charge in [-0.2, -0.15) is 0 Å². The van der Waals surface area contributed by atoms with E-state index < -0.39 is 0 Å². The number of rotatable bonds is 6. The third-order valence-electron chi connectivity index (χ3n) is 4.04. The Morgan fingerprint density at radius 1 is 1.30 bits per heavy atom. The average molecular weight is 278 g/mol. The lowest BCUT2D eigenvalue weighted by molar-refractivity contribution is 0.0918. The summed E-state index contributed by atoms with van der Waals surface area (Å²) in [5, 5.41) is 0. The molecule has 1 unspecified atom stereocenters. The fourth-order valence-corrected chi connectivity index (χ4v) is 2.75. The maximum atomic E-state index is 5.83. The largest absolute Gasteiger partial charge is 0.481 e. The summed E-state index contributed by atoms with van der Waals surface area (Å²) in [4.78, 5) is 9.43. The van der Waals surface area contributed by atoms with Crippen LogP contribution in [0, 0.1) is 0 Å². The van der Waals surface area contributed by atoms with E-state index in [9.17, 15) is 0 Å². The first-order valence-corrected chi connectivity index (χ1v) is 7.43. The van der Waals surface area contributed by atoms with Gasteiger partial charge in [0.15, 0.2) is 0 Å². The summed E-state index contributed by atoms with van der Waals surface area (Å²) in [6.45, 7) is 8.21. The number of pyridine rings is 1. The number of ether oxygens (including phenoxy) is 1. The zero-order chi connectivity index (χ0) is 14.4. The molecule has 5 nitrogen and oxygen atoms in total. The van der Waals surface area contributed by atoms with Crippen LogP contribution in [0.3, 0.4) is 0 Å². The fourth-order valence-electron chi connectivity index (χ4n) is 2.75. The second-order valence-corrected chi connectivity index (χ2v) is 5.28. The van der Waals surface area contributed by atoms with Crippen molar-refractivity contribution in [2.75, 3.05) is 39.8 Å². The minimum Gasteiger partial charge on any atom is -0.481 e. The smallest absolute Gasteiger partial charge is 0.213 e. The Labute approximate surface area is 121 Å². The van der Waals surface area contributed by atoms with E-state index in [-0.39, 0.29) is 0 Å². The molecule has 5 heteroatoms. The number of hydrogen-bond acceptors (Lipinski definition) is 5. The molecule has 2 N–H and O–H groups in total. The van der Waals surface area contributed by atoms with Gasteiger partial charge in [-0.3, -0.25) is 9.80 Å². The van der Waals surface area contributed by atoms with Gasteiger partial charge in [-0.1, -0.05) is 13.0 Å². The lowest BCUT2D eigenvalue weighted by Gasteiger charge is -2.38. The van der Waals surface area contributed by atoms with Crippen molar-refractivity contribution < 1.29 is 4.74 Å². The molecule has 1 saturated heterocycles. The Morgan fingerprint density at radius 3 is 2.65 bits per heavy atom. The van der Waals surface area contributed by atoms with Crippen LogP contribution in [0.4, 0.5) is 0 Å². The van der Waals surface area contributed by atoms with Gasteiger partial charge in [0.25, 0.3) is 0 Å². The van der Waals surface area contributed by atoms with E-state index in [1.54, 1.807) is 7.11 Å². The molecule has 1 fully saturated rings. The zero-order valence-corrected chi connectivity index (χ0v) is 12.6. The number of nitrogens with two attached hydrogens (primary N) is 1. The topological polar surface area (TPSA) is 54.6 Å². The monoisotopic (exact) mass is 278 g/mol. The number of hydrogen-bond donors (Lipinski definition) is 1. The lowest BCUT2D eigenvalue weighted by Crippen LogP contribution is -2.51. The van der Waals surface area contributed by atoms with E-state index in [1.807, 2.05) is 12.1 Å². The van der Waals surface area contributed by atoms with Gasteiger partial charge in [-0.05, 0) is 12.5 Å². The predicted octanol–water partition coefficient (Wildman–Crippen LogP) is 0.945. The van der Waals surface area contributed by atoms with E-state index >= 15 is 0 Å². The van der Waals surface area contributed by atoms with Crippen LogP contribution < -0.4 is 10.5 Å². The molecular weight excluding hydrogens is 252 g/mol. The van der Waals surface area contributed by atoms with Crippen molar-refractivity contribution in [1.82, 2.24) is 14.8 Å². The average Bonchev–Trinajstić information content (AvgIpc) is 2.50. The Morgan fingerprint density at radius 2 is 2.05 bits per heavy atom. The van der Waals surface area contributed by atoms with E-state index in [0.717, 1.165) is 51.4 Å². The summed E-state index contributed by atoms with van der Waals surface area (Å²) in [5.41, 5.74) is 6.90. The number of nitrogens with zero attached hydrogens (tertiary/aromatic N) is 3. The van der Waals surface area contributed by atoms with Crippen molar-refractivity contribution in [3.8, 4) is 5.88 Å². The lowest BCUT2D eigenvalue weighted by atomic mass is 10.1. The summed E-state index contributed by atoms with van der Waals surface area (Å²) in [7, 11) is 1.66. The standard InChI is InChI=1S/C15H26N4O/c1-3-14(11-16)19-9-7-18(8-10-19)12-13-5-4-6-15(17-13)20-2/h4-6,14H,3,7-12,16H2,1-2H3. The van der Waals surface area contributed by atoms with E-state index in [2.05, 4.69) is 27.8 Å². The maximum Gasteiger partial charge on any atom is 0.213 e. The predicted molar refractivity (Wildman–Crippen MR) is 80.8 cm³/mol. The molecule has 0 aromatic carbocycles. The van der Waals surface area contributed by atoms with Gasteiger partial charge in [0.2, 0.25) is 5.88 Å². The van der Waals surface area contributed by atoms with E-state index in [0.29, 0.717) is 11.9 Å². The van der Waals surface area contributed by atoms with Crippen molar-refractivity contribution in [3.63, 3.8) is 0 Å². The molecule has 0 saturated carbocycles. The molecule has 2 rings (SSSR count). The third kappa shape index (κ3) is 3.91. The second kappa shape index (κ2) is 7.57. The molecule has 0 amide bonds. The van der Waals surface area contributed by atoms with Crippen LogP contribution in [-0.2, 0) is 6.54 Å². The summed E-state index contributed by atoms with van der Waals surface area (Å²) < 4.78 is 5.17. The fraction of sp³-hybridized carbons (Fsp3) is 0.667. The molecule has 1 aliphatic heterocycles. The molecule has 0 bridgehead atoms. The van der Waals surface area contributed by atoms with Crippen LogP contribution >= 0.6 is 0 Å². The molecule has 20 heavy (non-hydrogen) atoms. The molecule has 0 aliphatic carbocycles. The molecule has 2 heterocycles. The van der Waals surface area contributed by atoms with Crippen LogP contribution in [-0.4, -0.2) is 60.7 Å². The van der Waals surface area contributed by atoms with Crippen molar-refractivity contribution in [2.24, 2.45) is 5.73 Å². The molecule has 1 aliphatic rings. The normalized spacial score (nSPS) is 18.9. The quantitative estimate of drug-likeness (QED) is 0.839. The molecule has 1 atom stereocenters. The van der Waals surface area contributed by atoms with Gasteiger partial charge >= 0.3 is 0 Å². The number of piperazine rings is 1. The van der Waals surface area contributed by atoms with Gasteiger partial charge in [0.1, 0.15) is 0 Å². The summed E-state index contributed by atoms with van der Waals surface area (Å²) in [6, 6.07) is 6.48. The van der Waals surface area contributed by atoms with E-state index in [1.165, 1.54) is 0 Å². The molecule has 1 aromatic rings. The third-order valence-corrected chi connectivity index (χ3v) is 4.04.